The van der Waals surface area contributed by atoms with E-state index in [1.807, 2.05) is 11.7 Å². The van der Waals surface area contributed by atoms with Crippen molar-refractivity contribution >= 4 is 0 Å². The van der Waals surface area contributed by atoms with Crippen molar-refractivity contribution < 1.29 is 5.11 Å². The first kappa shape index (κ1) is 12.6. The number of aryl methyl sites for hydroxylation is 1. The van der Waals surface area contributed by atoms with E-state index < -0.39 is 0 Å². The van der Waals surface area contributed by atoms with E-state index in [1.54, 1.807) is 0 Å². The molecule has 1 N–H and O–H groups in total. The molecular formula is C14H24N2O. The first-order chi connectivity index (χ1) is 7.64. The zero-order valence-electron chi connectivity index (χ0n) is 11.8. The van der Waals surface area contributed by atoms with E-state index in [4.69, 9.17) is 0 Å². The fraction of sp³-hybridized carbons (Fsp3) is 0.786. The molecule has 3 heteroatoms. The summed E-state index contributed by atoms with van der Waals surface area (Å²) in [6, 6.07) is 0. The van der Waals surface area contributed by atoms with Crippen molar-refractivity contribution in [1.29, 1.82) is 0 Å². The number of rotatable bonds is 2. The molecule has 0 saturated heterocycles. The predicted molar refractivity (Wildman–Crippen MR) is 69.1 cm³/mol. The van der Waals surface area contributed by atoms with E-state index in [0.717, 1.165) is 12.1 Å². The van der Waals surface area contributed by atoms with Gasteiger partial charge in [0.2, 0.25) is 0 Å². The number of aliphatic hydroxyl groups is 1. The van der Waals surface area contributed by atoms with Gasteiger partial charge in [0.05, 0.1) is 12.3 Å². The third-order valence-electron chi connectivity index (χ3n) is 4.24. The van der Waals surface area contributed by atoms with Crippen molar-refractivity contribution in [3.8, 4) is 0 Å². The van der Waals surface area contributed by atoms with E-state index in [9.17, 15) is 5.11 Å². The van der Waals surface area contributed by atoms with Gasteiger partial charge in [-0.15, -0.1) is 0 Å². The lowest BCUT2D eigenvalue weighted by atomic mass is 9.81. The Morgan fingerprint density at radius 1 is 1.41 bits per heavy atom. The van der Waals surface area contributed by atoms with Crippen LogP contribution < -0.4 is 0 Å². The van der Waals surface area contributed by atoms with E-state index in [-0.39, 0.29) is 22.9 Å². The summed E-state index contributed by atoms with van der Waals surface area (Å²) in [5.74, 6) is 0. The molecule has 0 bridgehead atoms. The summed E-state index contributed by atoms with van der Waals surface area (Å²) in [4.78, 5) is 0. The lowest BCUT2D eigenvalue weighted by molar-refractivity contribution is 0.230. The maximum absolute atomic E-state index is 9.81. The molecule has 1 saturated carbocycles. The van der Waals surface area contributed by atoms with Gasteiger partial charge in [0, 0.05) is 29.6 Å². The van der Waals surface area contributed by atoms with Gasteiger partial charge >= 0.3 is 0 Å². The van der Waals surface area contributed by atoms with Gasteiger partial charge in [0.1, 0.15) is 0 Å². The molecule has 1 aromatic heterocycles. The molecule has 1 aromatic rings. The van der Waals surface area contributed by atoms with Crippen molar-refractivity contribution in [3.63, 3.8) is 0 Å². The Labute approximate surface area is 104 Å². The highest BCUT2D eigenvalue weighted by Gasteiger charge is 2.63. The molecule has 1 aliphatic rings. The van der Waals surface area contributed by atoms with Gasteiger partial charge in [-0.05, 0) is 11.8 Å². The first-order valence-corrected chi connectivity index (χ1v) is 6.29. The Kier molecular flexibility index (Phi) is 2.48. The number of hydrogen-bond donors (Lipinski definition) is 1. The van der Waals surface area contributed by atoms with Crippen molar-refractivity contribution in [2.24, 2.45) is 12.5 Å². The van der Waals surface area contributed by atoms with E-state index >= 15 is 0 Å². The molecule has 0 aliphatic heterocycles. The van der Waals surface area contributed by atoms with E-state index in [1.165, 1.54) is 5.56 Å². The zero-order chi connectivity index (χ0) is 13.1. The van der Waals surface area contributed by atoms with Crippen LogP contribution in [0.15, 0.2) is 6.20 Å². The number of aromatic nitrogens is 2. The number of aliphatic hydroxyl groups excluding tert-OH is 1. The summed E-state index contributed by atoms with van der Waals surface area (Å²) in [7, 11) is 1.96. The molecule has 0 amide bonds. The molecule has 3 nitrogen and oxygen atoms in total. The highest BCUT2D eigenvalue weighted by molar-refractivity contribution is 5.41. The SMILES string of the molecule is Cn1cc(C2(CO)CC2(C)C)c(C(C)(C)C)n1. The summed E-state index contributed by atoms with van der Waals surface area (Å²) in [6.07, 6.45) is 3.14. The van der Waals surface area contributed by atoms with Crippen LogP contribution in [0.5, 0.6) is 0 Å². The van der Waals surface area contributed by atoms with Crippen molar-refractivity contribution in [2.45, 2.75) is 51.9 Å². The summed E-state index contributed by atoms with van der Waals surface area (Å²) in [5, 5.41) is 14.4. The standard InChI is InChI=1S/C14H24N2O/c1-12(2,3)11-10(7-16(6)15-11)14(9-17)8-13(14,4)5/h7,17H,8-9H2,1-6H3. The maximum Gasteiger partial charge on any atom is 0.0716 e. The minimum Gasteiger partial charge on any atom is -0.395 e. The van der Waals surface area contributed by atoms with Crippen LogP contribution in [0.3, 0.4) is 0 Å². The van der Waals surface area contributed by atoms with Crippen LogP contribution in [0.25, 0.3) is 0 Å². The van der Waals surface area contributed by atoms with Gasteiger partial charge in [-0.3, -0.25) is 4.68 Å². The Hall–Kier alpha value is -0.830. The van der Waals surface area contributed by atoms with Gasteiger partial charge in [-0.2, -0.15) is 5.10 Å². The Balaban J connectivity index is 2.54. The molecule has 1 unspecified atom stereocenters. The van der Waals surface area contributed by atoms with E-state index in [2.05, 4.69) is 45.9 Å². The summed E-state index contributed by atoms with van der Waals surface area (Å²) in [5.41, 5.74) is 2.49. The molecule has 1 heterocycles. The zero-order valence-corrected chi connectivity index (χ0v) is 11.8. The van der Waals surface area contributed by atoms with Gasteiger partial charge in [0.15, 0.2) is 0 Å². The third-order valence-corrected chi connectivity index (χ3v) is 4.24. The molecule has 0 aromatic carbocycles. The average Bonchev–Trinajstić information content (AvgIpc) is 2.53. The quantitative estimate of drug-likeness (QED) is 0.856. The summed E-state index contributed by atoms with van der Waals surface area (Å²) < 4.78 is 1.88. The van der Waals surface area contributed by atoms with Crippen molar-refractivity contribution in [3.05, 3.63) is 17.5 Å². The Morgan fingerprint density at radius 2 is 1.94 bits per heavy atom. The molecule has 0 spiro atoms. The fourth-order valence-electron chi connectivity index (χ4n) is 2.92. The van der Waals surface area contributed by atoms with Crippen LogP contribution in [0.4, 0.5) is 0 Å². The predicted octanol–water partition coefficient (Wildman–Crippen LogP) is 2.38. The monoisotopic (exact) mass is 236 g/mol. The van der Waals surface area contributed by atoms with Gasteiger partial charge in [-0.25, -0.2) is 0 Å². The lowest BCUT2D eigenvalue weighted by Gasteiger charge is -2.23. The minimum atomic E-state index is -0.0795. The minimum absolute atomic E-state index is 0.0252. The van der Waals surface area contributed by atoms with Gasteiger partial charge in [-0.1, -0.05) is 34.6 Å². The normalized spacial score (nSPS) is 27.2. The topological polar surface area (TPSA) is 38.0 Å². The molecule has 1 aliphatic carbocycles. The smallest absolute Gasteiger partial charge is 0.0716 e. The highest BCUT2D eigenvalue weighted by atomic mass is 16.3. The number of nitrogens with zero attached hydrogens (tertiary/aromatic N) is 2. The van der Waals surface area contributed by atoms with Crippen LogP contribution in [0, 0.1) is 5.41 Å². The van der Waals surface area contributed by atoms with Crippen LogP contribution >= 0.6 is 0 Å². The Morgan fingerprint density at radius 3 is 2.29 bits per heavy atom. The van der Waals surface area contributed by atoms with E-state index in [0.29, 0.717) is 0 Å². The van der Waals surface area contributed by atoms with Crippen LogP contribution in [0.2, 0.25) is 0 Å². The van der Waals surface area contributed by atoms with Gasteiger partial charge < -0.3 is 5.11 Å². The second kappa shape index (κ2) is 3.35. The molecule has 1 fully saturated rings. The molecule has 0 radical (unpaired) electrons. The Bertz CT molecular complexity index is 440. The van der Waals surface area contributed by atoms with Crippen LogP contribution in [-0.4, -0.2) is 21.5 Å². The molecule has 1 atom stereocenters. The maximum atomic E-state index is 9.81. The highest BCUT2D eigenvalue weighted by Crippen LogP contribution is 2.65. The van der Waals surface area contributed by atoms with Crippen molar-refractivity contribution in [2.75, 3.05) is 6.61 Å². The van der Waals surface area contributed by atoms with Crippen molar-refractivity contribution in [1.82, 2.24) is 9.78 Å². The first-order valence-electron chi connectivity index (χ1n) is 6.29. The van der Waals surface area contributed by atoms with Crippen LogP contribution in [0.1, 0.15) is 52.3 Å². The third kappa shape index (κ3) is 1.71. The molecule has 2 rings (SSSR count). The number of hydrogen-bond acceptors (Lipinski definition) is 2. The molecule has 17 heavy (non-hydrogen) atoms. The van der Waals surface area contributed by atoms with Crippen LogP contribution in [-0.2, 0) is 17.9 Å². The second-order valence-corrected chi connectivity index (χ2v) is 7.12. The fourth-order valence-corrected chi connectivity index (χ4v) is 2.92. The summed E-state index contributed by atoms with van der Waals surface area (Å²) in [6.45, 7) is 11.2. The second-order valence-electron chi connectivity index (χ2n) is 7.12. The summed E-state index contributed by atoms with van der Waals surface area (Å²) >= 11 is 0. The largest absolute Gasteiger partial charge is 0.395 e. The molecule has 96 valence electrons. The van der Waals surface area contributed by atoms with Gasteiger partial charge in [0.25, 0.3) is 0 Å². The average molecular weight is 236 g/mol. The molecular weight excluding hydrogens is 212 g/mol. The lowest BCUT2D eigenvalue weighted by Crippen LogP contribution is -2.24.